The maximum Gasteiger partial charge on any atom is 0.435 e. The van der Waals surface area contributed by atoms with Gasteiger partial charge in [0.05, 0.1) is 42.3 Å². The van der Waals surface area contributed by atoms with Crippen molar-refractivity contribution in [2.75, 3.05) is 30.3 Å². The molecule has 1 aliphatic carbocycles. The Labute approximate surface area is 352 Å². The van der Waals surface area contributed by atoms with Crippen molar-refractivity contribution >= 4 is 53.2 Å². The van der Waals surface area contributed by atoms with Crippen molar-refractivity contribution in [3.05, 3.63) is 53.7 Å². The highest BCUT2D eigenvalue weighted by Crippen LogP contribution is 2.40. The van der Waals surface area contributed by atoms with Crippen molar-refractivity contribution in [1.82, 2.24) is 14.7 Å². The molecule has 1 heterocycles. The number of fused-ring (bicyclic) bond motifs is 1. The summed E-state index contributed by atoms with van der Waals surface area (Å²) in [5, 5.41) is 5.58. The van der Waals surface area contributed by atoms with E-state index in [-0.39, 0.29) is 31.3 Å². The largest absolute Gasteiger partial charge is 0.492 e. The van der Waals surface area contributed by atoms with E-state index in [1.807, 2.05) is 32.9 Å². The molecule has 0 N–H and O–H groups in total. The predicted octanol–water partition coefficient (Wildman–Crippen LogP) is 10.2. The van der Waals surface area contributed by atoms with Gasteiger partial charge in [0.2, 0.25) is 10.0 Å². The number of sulfonamides is 1. The zero-order valence-electron chi connectivity index (χ0n) is 37.3. The van der Waals surface area contributed by atoms with E-state index in [1.165, 1.54) is 15.6 Å². The Morgan fingerprint density at radius 2 is 1.44 bits per heavy atom. The molecule has 1 fully saturated rings. The smallest absolute Gasteiger partial charge is 0.435 e. The van der Waals surface area contributed by atoms with Gasteiger partial charge in [0.25, 0.3) is 0 Å². The number of hydrogen-bond acceptors (Lipinski definition) is 11. The SMILES string of the molecule is CC[Si](CC)(CC)O[C@@H](CN(CCOc1ccc2c(C3CCC3)nn(C(=O)OC(C)(C)C)c2c1)C(=O)OC(C)(C)C)c1cccc(N(C(=O)OC(C)(C)C)S(C)(=O)=O)c1. The fraction of sp³-hybridized carbons (Fsp3) is 0.628. The third-order valence-electron chi connectivity index (χ3n) is 10.1. The van der Waals surface area contributed by atoms with E-state index in [0.29, 0.717) is 21.1 Å². The fourth-order valence-corrected chi connectivity index (χ4v) is 10.4. The molecule has 1 aromatic heterocycles. The van der Waals surface area contributed by atoms with Gasteiger partial charge in [-0.05, 0) is 123 Å². The second-order valence-corrected chi connectivity index (χ2v) is 24.9. The number of nitrogens with zero attached hydrogens (tertiary/aromatic N) is 4. The van der Waals surface area contributed by atoms with Crippen LogP contribution >= 0.6 is 0 Å². The number of ether oxygens (including phenoxy) is 4. The Morgan fingerprint density at radius 1 is 0.847 bits per heavy atom. The summed E-state index contributed by atoms with van der Waals surface area (Å²) in [6.45, 7) is 22.3. The first-order chi connectivity index (χ1) is 27.3. The highest BCUT2D eigenvalue weighted by molar-refractivity contribution is 7.92. The molecule has 1 saturated carbocycles. The monoisotopic (exact) mass is 858 g/mol. The molecule has 0 unspecified atom stereocenters. The molecule has 14 nitrogen and oxygen atoms in total. The first-order valence-corrected chi connectivity index (χ1v) is 25.0. The van der Waals surface area contributed by atoms with Gasteiger partial charge in [-0.3, -0.25) is 0 Å². The number of rotatable bonds is 15. The van der Waals surface area contributed by atoms with Crippen LogP contribution in [0.25, 0.3) is 10.9 Å². The van der Waals surface area contributed by atoms with E-state index < -0.39 is 59.5 Å². The molecule has 59 heavy (non-hydrogen) atoms. The lowest BCUT2D eigenvalue weighted by molar-refractivity contribution is 0.0131. The zero-order chi connectivity index (χ0) is 44.1. The summed E-state index contributed by atoms with van der Waals surface area (Å²) in [5.41, 5.74) is -0.377. The predicted molar refractivity (Wildman–Crippen MR) is 232 cm³/mol. The molecule has 1 aliphatic rings. The molecule has 2 amide bonds. The maximum absolute atomic E-state index is 14.0. The van der Waals surface area contributed by atoms with Gasteiger partial charge in [-0.25, -0.2) is 22.8 Å². The van der Waals surface area contributed by atoms with Crippen LogP contribution in [-0.2, 0) is 28.7 Å². The Bertz CT molecular complexity index is 2050. The number of anilines is 1. The minimum absolute atomic E-state index is 0.0387. The molecule has 1 atom stereocenters. The number of benzene rings is 2. The molecule has 4 rings (SSSR count). The standard InChI is InChI=1S/C43H66N4O10SSi/c1-14-59(15-2,16-3)57-36(31-21-18-22-32(27-31)47(58(13,51)52)40(50)56-43(10,11)12)29-45(38(48)54-41(4,5)6)25-26-53-33-23-24-34-35(28-33)46(39(49)55-42(7,8)9)44-37(34)30-19-17-20-30/h18,21-24,27-28,30,36H,14-17,19-20,25-26,29H2,1-13H3/t36-/m0/s1. The third-order valence-corrected chi connectivity index (χ3v) is 15.8. The van der Waals surface area contributed by atoms with Gasteiger partial charge in [0.15, 0.2) is 8.32 Å². The lowest BCUT2D eigenvalue weighted by atomic mass is 9.82. The number of amides is 2. The quantitative estimate of drug-likeness (QED) is 0.106. The topological polar surface area (TPSA) is 156 Å². The van der Waals surface area contributed by atoms with Crippen LogP contribution in [0.1, 0.15) is 126 Å². The molecule has 3 aromatic rings. The second-order valence-electron chi connectivity index (χ2n) is 18.3. The van der Waals surface area contributed by atoms with Crippen LogP contribution in [0.2, 0.25) is 18.1 Å². The van der Waals surface area contributed by atoms with E-state index in [2.05, 4.69) is 20.8 Å². The Balaban J connectivity index is 1.70. The highest BCUT2D eigenvalue weighted by Gasteiger charge is 2.37. The summed E-state index contributed by atoms with van der Waals surface area (Å²) in [7, 11) is -6.48. The van der Waals surface area contributed by atoms with Gasteiger partial charge in [-0.1, -0.05) is 39.3 Å². The summed E-state index contributed by atoms with van der Waals surface area (Å²) in [4.78, 5) is 42.1. The summed E-state index contributed by atoms with van der Waals surface area (Å²) < 4.78 is 58.5. The zero-order valence-corrected chi connectivity index (χ0v) is 39.2. The normalized spacial score (nSPS) is 14.7. The molecule has 0 radical (unpaired) electrons. The van der Waals surface area contributed by atoms with Gasteiger partial charge < -0.3 is 28.3 Å². The first kappa shape index (κ1) is 47.5. The van der Waals surface area contributed by atoms with E-state index in [0.717, 1.165) is 54.7 Å². The molecule has 0 aliphatic heterocycles. The highest BCUT2D eigenvalue weighted by atomic mass is 32.2. The lowest BCUT2D eigenvalue weighted by Gasteiger charge is -2.37. The average molecular weight is 859 g/mol. The number of carbonyl (C=O) groups is 3. The Kier molecular flexibility index (Phi) is 15.0. The van der Waals surface area contributed by atoms with Crippen molar-refractivity contribution in [2.45, 2.75) is 149 Å². The Hall–Kier alpha value is -4.15. The molecule has 2 aromatic carbocycles. The van der Waals surface area contributed by atoms with E-state index in [4.69, 9.17) is 28.5 Å². The van der Waals surface area contributed by atoms with E-state index in [9.17, 15) is 22.8 Å². The van der Waals surface area contributed by atoms with Crippen LogP contribution < -0.4 is 9.04 Å². The second kappa shape index (κ2) is 18.6. The van der Waals surface area contributed by atoms with Crippen molar-refractivity contribution in [2.24, 2.45) is 0 Å². The van der Waals surface area contributed by atoms with Crippen LogP contribution in [0.15, 0.2) is 42.5 Å². The summed E-state index contributed by atoms with van der Waals surface area (Å²) in [6, 6.07) is 14.5. The fourth-order valence-electron chi connectivity index (χ4n) is 6.79. The minimum atomic E-state index is -4.11. The lowest BCUT2D eigenvalue weighted by Crippen LogP contribution is -2.45. The first-order valence-electron chi connectivity index (χ1n) is 20.7. The molecule has 0 spiro atoms. The van der Waals surface area contributed by atoms with Crippen molar-refractivity contribution in [3.8, 4) is 5.75 Å². The number of carbonyl (C=O) groups excluding carboxylic acids is 3. The molecule has 16 heteroatoms. The van der Waals surface area contributed by atoms with Crippen molar-refractivity contribution in [3.63, 3.8) is 0 Å². The summed E-state index contributed by atoms with van der Waals surface area (Å²) >= 11 is 0. The van der Waals surface area contributed by atoms with Gasteiger partial charge in [-0.2, -0.15) is 14.1 Å². The summed E-state index contributed by atoms with van der Waals surface area (Å²) in [5.74, 6) is 0.747. The van der Waals surface area contributed by atoms with Crippen LogP contribution in [0.4, 0.5) is 20.1 Å². The minimum Gasteiger partial charge on any atom is -0.492 e. The molecular formula is C43H66N4O10SSi. The van der Waals surface area contributed by atoms with Crippen LogP contribution in [0.5, 0.6) is 5.75 Å². The van der Waals surface area contributed by atoms with Gasteiger partial charge in [-0.15, -0.1) is 0 Å². The number of aromatic nitrogens is 2. The van der Waals surface area contributed by atoms with Gasteiger partial charge >= 0.3 is 18.3 Å². The van der Waals surface area contributed by atoms with E-state index >= 15 is 0 Å². The van der Waals surface area contributed by atoms with Gasteiger partial charge in [0, 0.05) is 17.4 Å². The van der Waals surface area contributed by atoms with Crippen LogP contribution in [0.3, 0.4) is 0 Å². The average Bonchev–Trinajstić information content (AvgIpc) is 3.44. The third kappa shape index (κ3) is 12.9. The maximum atomic E-state index is 14.0. The molecule has 328 valence electrons. The van der Waals surface area contributed by atoms with E-state index in [1.54, 1.807) is 65.8 Å². The molecule has 0 bridgehead atoms. The molecule has 0 saturated heterocycles. The van der Waals surface area contributed by atoms with Crippen molar-refractivity contribution in [1.29, 1.82) is 0 Å². The van der Waals surface area contributed by atoms with Crippen LogP contribution in [-0.4, -0.2) is 92.5 Å². The van der Waals surface area contributed by atoms with Gasteiger partial charge in [0.1, 0.15) is 29.2 Å². The van der Waals surface area contributed by atoms with Crippen LogP contribution in [0, 0.1) is 0 Å². The number of hydrogen-bond donors (Lipinski definition) is 0. The van der Waals surface area contributed by atoms with Crippen molar-refractivity contribution < 1.29 is 46.2 Å². The molecular weight excluding hydrogens is 793 g/mol. The Morgan fingerprint density at radius 3 is 1.97 bits per heavy atom. The summed E-state index contributed by atoms with van der Waals surface area (Å²) in [6.07, 6.45) is 1.15.